The molecule has 0 unspecified atom stereocenters. The van der Waals surface area contributed by atoms with E-state index in [9.17, 15) is 10.2 Å². The molecule has 0 aliphatic rings. The van der Waals surface area contributed by atoms with Gasteiger partial charge in [0.15, 0.2) is 0 Å². The minimum absolute atomic E-state index is 0.158. The highest BCUT2D eigenvalue weighted by molar-refractivity contribution is 5.48. The molecule has 2 heteroatoms. The van der Waals surface area contributed by atoms with Gasteiger partial charge >= 0.3 is 0 Å². The highest BCUT2D eigenvalue weighted by Gasteiger charge is 2.28. The van der Waals surface area contributed by atoms with Gasteiger partial charge in [-0.15, -0.1) is 0 Å². The molecule has 0 aliphatic carbocycles. The predicted molar refractivity (Wildman–Crippen MR) is 116 cm³/mol. The maximum absolute atomic E-state index is 9.73. The second-order valence-electron chi connectivity index (χ2n) is 8.83. The summed E-state index contributed by atoms with van der Waals surface area (Å²) < 4.78 is 0. The number of phenolic OH excluding ortho intramolecular Hbond substituents is 2. The average molecular weight is 375 g/mol. The number of hydrogen-bond acceptors (Lipinski definition) is 2. The van der Waals surface area contributed by atoms with Crippen LogP contribution in [0, 0.1) is 13.8 Å². The maximum Gasteiger partial charge on any atom is 0.115 e. The Bertz CT molecular complexity index is 913. The molecule has 0 fully saturated rings. The molecule has 3 aromatic rings. The van der Waals surface area contributed by atoms with E-state index >= 15 is 0 Å². The predicted octanol–water partition coefficient (Wildman–Crippen LogP) is 6.37. The first-order chi connectivity index (χ1) is 13.0. The molecule has 0 bridgehead atoms. The Hall–Kier alpha value is -2.74. The van der Waals surface area contributed by atoms with Crippen LogP contribution in [0.5, 0.6) is 11.5 Å². The molecule has 0 saturated carbocycles. The number of rotatable bonds is 4. The molecule has 0 heterocycles. The molecule has 0 spiro atoms. The molecular formula is C26H30O2. The molecule has 2 N–H and O–H groups in total. The summed E-state index contributed by atoms with van der Waals surface area (Å²) in [5.41, 5.74) is 6.78. The monoisotopic (exact) mass is 374 g/mol. The van der Waals surface area contributed by atoms with Crippen LogP contribution in [0.2, 0.25) is 0 Å². The minimum Gasteiger partial charge on any atom is -0.508 e. The highest BCUT2D eigenvalue weighted by atomic mass is 16.3. The van der Waals surface area contributed by atoms with Gasteiger partial charge in [0.05, 0.1) is 0 Å². The van der Waals surface area contributed by atoms with Crippen LogP contribution >= 0.6 is 0 Å². The highest BCUT2D eigenvalue weighted by Crippen LogP contribution is 2.38. The van der Waals surface area contributed by atoms with Crippen LogP contribution < -0.4 is 0 Å². The Labute approximate surface area is 168 Å². The summed E-state index contributed by atoms with van der Waals surface area (Å²) in [5, 5.41) is 19.5. The van der Waals surface area contributed by atoms with Crippen molar-refractivity contribution in [1.82, 2.24) is 0 Å². The molecule has 0 saturated heterocycles. The topological polar surface area (TPSA) is 40.5 Å². The van der Waals surface area contributed by atoms with Crippen LogP contribution in [0.3, 0.4) is 0 Å². The van der Waals surface area contributed by atoms with Crippen LogP contribution in [0.4, 0.5) is 0 Å². The summed E-state index contributed by atoms with van der Waals surface area (Å²) in [6, 6.07) is 20.0. The van der Waals surface area contributed by atoms with Gasteiger partial charge in [-0.05, 0) is 71.5 Å². The normalized spacial score (nSPS) is 12.2. The van der Waals surface area contributed by atoms with Crippen LogP contribution in [-0.2, 0) is 10.8 Å². The lowest BCUT2D eigenvalue weighted by Gasteiger charge is -2.31. The van der Waals surface area contributed by atoms with E-state index in [0.29, 0.717) is 11.5 Å². The van der Waals surface area contributed by atoms with Gasteiger partial charge in [-0.1, -0.05) is 64.1 Å². The summed E-state index contributed by atoms with van der Waals surface area (Å²) >= 11 is 0. The fraction of sp³-hybridized carbons (Fsp3) is 0.308. The molecule has 0 aliphatic heterocycles. The van der Waals surface area contributed by atoms with Crippen molar-refractivity contribution in [2.24, 2.45) is 0 Å². The van der Waals surface area contributed by atoms with E-state index in [-0.39, 0.29) is 10.8 Å². The van der Waals surface area contributed by atoms with Gasteiger partial charge in [0.2, 0.25) is 0 Å². The largest absolute Gasteiger partial charge is 0.508 e. The van der Waals surface area contributed by atoms with Gasteiger partial charge in [-0.25, -0.2) is 0 Å². The Balaban J connectivity index is 1.98. The van der Waals surface area contributed by atoms with E-state index in [1.807, 2.05) is 38.1 Å². The quantitative estimate of drug-likeness (QED) is 0.557. The number of aromatic hydroxyl groups is 2. The Morgan fingerprint density at radius 1 is 0.536 bits per heavy atom. The third kappa shape index (κ3) is 3.52. The second-order valence-corrected chi connectivity index (χ2v) is 8.83. The molecule has 0 aromatic heterocycles. The Morgan fingerprint density at radius 2 is 0.857 bits per heavy atom. The number of benzene rings is 3. The summed E-state index contributed by atoms with van der Waals surface area (Å²) in [6.45, 7) is 13.0. The first-order valence-corrected chi connectivity index (χ1v) is 9.74. The van der Waals surface area contributed by atoms with Crippen molar-refractivity contribution in [3.05, 3.63) is 94.0 Å². The van der Waals surface area contributed by atoms with Gasteiger partial charge in [-0.3, -0.25) is 0 Å². The lowest BCUT2D eigenvalue weighted by Crippen LogP contribution is -2.22. The maximum atomic E-state index is 9.73. The fourth-order valence-electron chi connectivity index (χ4n) is 4.31. The second kappa shape index (κ2) is 7.01. The van der Waals surface area contributed by atoms with Crippen molar-refractivity contribution in [1.29, 1.82) is 0 Å². The molecule has 3 rings (SSSR count). The summed E-state index contributed by atoms with van der Waals surface area (Å²) in [4.78, 5) is 0. The first-order valence-electron chi connectivity index (χ1n) is 9.74. The molecule has 0 atom stereocenters. The van der Waals surface area contributed by atoms with E-state index in [0.717, 1.165) is 11.1 Å². The lowest BCUT2D eigenvalue weighted by molar-refractivity contribution is 0.473. The van der Waals surface area contributed by atoms with Crippen molar-refractivity contribution in [3.63, 3.8) is 0 Å². The summed E-state index contributed by atoms with van der Waals surface area (Å²) in [5.74, 6) is 0.608. The molecule has 28 heavy (non-hydrogen) atoms. The van der Waals surface area contributed by atoms with Gasteiger partial charge in [-0.2, -0.15) is 0 Å². The number of hydrogen-bond donors (Lipinski definition) is 2. The number of phenols is 2. The van der Waals surface area contributed by atoms with Crippen molar-refractivity contribution < 1.29 is 10.2 Å². The third-order valence-electron chi connectivity index (χ3n) is 6.09. The van der Waals surface area contributed by atoms with Gasteiger partial charge in [0.25, 0.3) is 0 Å². The Morgan fingerprint density at radius 3 is 1.14 bits per heavy atom. The molecule has 146 valence electrons. The molecule has 0 radical (unpaired) electrons. The molecule has 3 aromatic carbocycles. The smallest absolute Gasteiger partial charge is 0.115 e. The van der Waals surface area contributed by atoms with Crippen LogP contribution in [0.1, 0.15) is 61.1 Å². The molecule has 0 amide bonds. The van der Waals surface area contributed by atoms with Gasteiger partial charge in [0.1, 0.15) is 11.5 Å². The van der Waals surface area contributed by atoms with Gasteiger partial charge in [0, 0.05) is 10.8 Å². The summed E-state index contributed by atoms with van der Waals surface area (Å²) in [6.07, 6.45) is 0. The zero-order valence-electron chi connectivity index (χ0n) is 17.7. The van der Waals surface area contributed by atoms with E-state index in [2.05, 4.69) is 52.0 Å². The Kier molecular flexibility index (Phi) is 5.01. The van der Waals surface area contributed by atoms with Crippen molar-refractivity contribution in [3.8, 4) is 11.5 Å². The zero-order valence-corrected chi connectivity index (χ0v) is 17.7. The average Bonchev–Trinajstić information content (AvgIpc) is 2.61. The standard InChI is InChI=1S/C26H30O2/c1-17-15-21(27)11-13-23(17)25(3,4)19-7-9-20(10-8-19)26(5,6)24-14-12-22(28)16-18(24)2/h7-16,27-28H,1-6H3. The number of aryl methyl sites for hydroxylation is 2. The van der Waals surface area contributed by atoms with Gasteiger partial charge < -0.3 is 10.2 Å². The van der Waals surface area contributed by atoms with Crippen LogP contribution in [0.25, 0.3) is 0 Å². The van der Waals surface area contributed by atoms with Crippen LogP contribution in [-0.4, -0.2) is 10.2 Å². The molecule has 2 nitrogen and oxygen atoms in total. The summed E-state index contributed by atoms with van der Waals surface area (Å²) in [7, 11) is 0. The first kappa shape index (κ1) is 20.0. The zero-order chi connectivity index (χ0) is 20.7. The van der Waals surface area contributed by atoms with Crippen molar-refractivity contribution >= 4 is 0 Å². The third-order valence-corrected chi connectivity index (χ3v) is 6.09. The van der Waals surface area contributed by atoms with E-state index in [1.165, 1.54) is 22.3 Å². The van der Waals surface area contributed by atoms with E-state index in [4.69, 9.17) is 0 Å². The minimum atomic E-state index is -0.158. The van der Waals surface area contributed by atoms with Crippen molar-refractivity contribution in [2.45, 2.75) is 52.4 Å². The van der Waals surface area contributed by atoms with Crippen molar-refractivity contribution in [2.75, 3.05) is 0 Å². The molecular weight excluding hydrogens is 344 g/mol. The fourth-order valence-corrected chi connectivity index (χ4v) is 4.31. The lowest BCUT2D eigenvalue weighted by atomic mass is 9.73. The van der Waals surface area contributed by atoms with E-state index < -0.39 is 0 Å². The SMILES string of the molecule is Cc1cc(O)ccc1C(C)(C)c1ccc(C(C)(C)c2ccc(O)cc2C)cc1. The van der Waals surface area contributed by atoms with Crippen LogP contribution in [0.15, 0.2) is 60.7 Å². The van der Waals surface area contributed by atoms with E-state index in [1.54, 1.807) is 12.1 Å².